The zero-order chi connectivity index (χ0) is 12.3. The smallest absolute Gasteiger partial charge is 0.311 e. The third-order valence-corrected chi connectivity index (χ3v) is 3.09. The summed E-state index contributed by atoms with van der Waals surface area (Å²) in [6.45, 7) is 2.33. The average molecular weight is 249 g/mol. The zero-order valence-electron chi connectivity index (χ0n) is 9.21. The van der Waals surface area contributed by atoms with Gasteiger partial charge in [-0.3, -0.25) is 10.1 Å². The van der Waals surface area contributed by atoms with Crippen molar-refractivity contribution in [1.82, 2.24) is 4.98 Å². The molecule has 0 radical (unpaired) electrons. The number of nitro groups is 1. The molecular formula is C11H11N3O2S. The van der Waals surface area contributed by atoms with Crippen molar-refractivity contribution >= 4 is 22.8 Å². The summed E-state index contributed by atoms with van der Waals surface area (Å²) >= 11 is 1.60. The Kier molecular flexibility index (Phi) is 3.34. The molecule has 0 fully saturated rings. The Labute approximate surface area is 102 Å². The number of hydrogen-bond donors (Lipinski definition) is 1. The lowest BCUT2D eigenvalue weighted by Crippen LogP contribution is -2.04. The highest BCUT2D eigenvalue weighted by molar-refractivity contribution is 7.09. The van der Waals surface area contributed by atoms with E-state index < -0.39 is 4.92 Å². The minimum absolute atomic E-state index is 0.0153. The average Bonchev–Trinajstić information content (AvgIpc) is 2.80. The van der Waals surface area contributed by atoms with E-state index in [-0.39, 0.29) is 5.69 Å². The molecule has 0 saturated heterocycles. The second-order valence-corrected chi connectivity index (χ2v) is 4.60. The monoisotopic (exact) mass is 249 g/mol. The molecule has 2 aromatic heterocycles. The lowest BCUT2D eigenvalue weighted by molar-refractivity contribution is -0.384. The van der Waals surface area contributed by atoms with Gasteiger partial charge < -0.3 is 5.32 Å². The van der Waals surface area contributed by atoms with Crippen molar-refractivity contribution in [3.05, 3.63) is 50.3 Å². The van der Waals surface area contributed by atoms with Crippen LogP contribution in [0.1, 0.15) is 10.4 Å². The lowest BCUT2D eigenvalue weighted by atomic mass is 10.3. The van der Waals surface area contributed by atoms with Crippen LogP contribution in [-0.4, -0.2) is 9.91 Å². The number of thiophene rings is 1. The van der Waals surface area contributed by atoms with Crippen LogP contribution in [0.5, 0.6) is 0 Å². The highest BCUT2D eigenvalue weighted by atomic mass is 32.1. The van der Waals surface area contributed by atoms with Crippen molar-refractivity contribution in [2.45, 2.75) is 13.5 Å². The first-order chi connectivity index (χ1) is 8.16. The van der Waals surface area contributed by atoms with Crippen LogP contribution in [-0.2, 0) is 6.54 Å². The largest absolute Gasteiger partial charge is 0.359 e. The summed E-state index contributed by atoms with van der Waals surface area (Å²) in [4.78, 5) is 15.6. The number of aryl methyl sites for hydroxylation is 1. The predicted molar refractivity (Wildman–Crippen MR) is 67.3 cm³/mol. The van der Waals surface area contributed by atoms with Crippen LogP contribution in [0.2, 0.25) is 0 Å². The summed E-state index contributed by atoms with van der Waals surface area (Å²) in [7, 11) is 0. The molecular weight excluding hydrogens is 238 g/mol. The molecule has 2 rings (SSSR count). The first-order valence-electron chi connectivity index (χ1n) is 5.04. The topological polar surface area (TPSA) is 68.1 Å². The van der Waals surface area contributed by atoms with Gasteiger partial charge in [-0.15, -0.1) is 11.3 Å². The summed E-state index contributed by atoms with van der Waals surface area (Å²) in [5, 5.41) is 15.8. The normalized spacial score (nSPS) is 10.2. The summed E-state index contributed by atoms with van der Waals surface area (Å²) < 4.78 is 0. The molecule has 5 nitrogen and oxygen atoms in total. The van der Waals surface area contributed by atoms with Crippen LogP contribution in [0.4, 0.5) is 11.5 Å². The van der Waals surface area contributed by atoms with Crippen molar-refractivity contribution < 1.29 is 4.92 Å². The van der Waals surface area contributed by atoms with E-state index in [4.69, 9.17) is 0 Å². The van der Waals surface area contributed by atoms with E-state index in [0.29, 0.717) is 12.4 Å². The van der Waals surface area contributed by atoms with E-state index in [1.165, 1.54) is 6.07 Å². The van der Waals surface area contributed by atoms with Crippen LogP contribution < -0.4 is 5.32 Å². The first kappa shape index (κ1) is 11.5. The van der Waals surface area contributed by atoms with Gasteiger partial charge in [0, 0.05) is 17.1 Å². The van der Waals surface area contributed by atoms with Gasteiger partial charge in [0.15, 0.2) is 0 Å². The molecule has 0 aliphatic rings. The molecule has 1 N–H and O–H groups in total. The quantitative estimate of drug-likeness (QED) is 0.668. The van der Waals surface area contributed by atoms with Crippen LogP contribution >= 0.6 is 11.3 Å². The van der Waals surface area contributed by atoms with Gasteiger partial charge >= 0.3 is 5.69 Å². The van der Waals surface area contributed by atoms with Crippen LogP contribution in [0.25, 0.3) is 0 Å². The predicted octanol–water partition coefficient (Wildman–Crippen LogP) is 2.97. The summed E-state index contributed by atoms with van der Waals surface area (Å²) in [5.74, 6) is 0.314. The van der Waals surface area contributed by atoms with Crippen LogP contribution in [0.3, 0.4) is 0 Å². The fourth-order valence-electron chi connectivity index (χ4n) is 1.41. The Bertz CT molecular complexity index is 526. The molecule has 0 saturated carbocycles. The van der Waals surface area contributed by atoms with Gasteiger partial charge in [0.05, 0.1) is 11.5 Å². The Balaban J connectivity index is 2.17. The third kappa shape index (κ3) is 2.79. The molecule has 0 aliphatic heterocycles. The van der Waals surface area contributed by atoms with Gasteiger partial charge in [-0.25, -0.2) is 4.98 Å². The summed E-state index contributed by atoms with van der Waals surface area (Å²) in [6.07, 6.45) is 1.61. The molecule has 88 valence electrons. The van der Waals surface area contributed by atoms with E-state index in [9.17, 15) is 10.1 Å². The van der Waals surface area contributed by atoms with E-state index in [1.807, 2.05) is 17.5 Å². The van der Waals surface area contributed by atoms with E-state index in [0.717, 1.165) is 10.4 Å². The molecule has 17 heavy (non-hydrogen) atoms. The summed E-state index contributed by atoms with van der Waals surface area (Å²) in [5.41, 5.74) is 0.792. The fourth-order valence-corrected chi connectivity index (χ4v) is 2.06. The summed E-state index contributed by atoms with van der Waals surface area (Å²) in [6, 6.07) is 5.43. The van der Waals surface area contributed by atoms with Gasteiger partial charge in [-0.2, -0.15) is 0 Å². The number of hydrogen-bond acceptors (Lipinski definition) is 5. The minimum atomic E-state index is -0.420. The second-order valence-electron chi connectivity index (χ2n) is 3.57. The second kappa shape index (κ2) is 4.92. The maximum Gasteiger partial charge on any atom is 0.311 e. The highest BCUT2D eigenvalue weighted by Gasteiger charge is 2.14. The molecule has 2 heterocycles. The molecule has 0 aliphatic carbocycles. The van der Waals surface area contributed by atoms with Crippen molar-refractivity contribution in [2.24, 2.45) is 0 Å². The van der Waals surface area contributed by atoms with E-state index in [2.05, 4.69) is 10.3 Å². The van der Waals surface area contributed by atoms with Crippen molar-refractivity contribution in [1.29, 1.82) is 0 Å². The molecule has 0 spiro atoms. The number of aromatic nitrogens is 1. The Hall–Kier alpha value is -1.95. The molecule has 6 heteroatoms. The first-order valence-corrected chi connectivity index (χ1v) is 5.92. The standard InChI is InChI=1S/C11H11N3O2S/c1-8-5-10(14(15)16)11(12-6-8)13-7-9-3-2-4-17-9/h2-6H,7H2,1H3,(H,12,13). The minimum Gasteiger partial charge on any atom is -0.359 e. The number of pyridine rings is 1. The molecule has 0 amide bonds. The van der Waals surface area contributed by atoms with E-state index >= 15 is 0 Å². The maximum atomic E-state index is 10.9. The molecule has 0 unspecified atom stereocenters. The van der Waals surface area contributed by atoms with Crippen molar-refractivity contribution in [3.8, 4) is 0 Å². The van der Waals surface area contributed by atoms with Gasteiger partial charge in [-0.1, -0.05) is 6.07 Å². The number of anilines is 1. The van der Waals surface area contributed by atoms with Gasteiger partial charge in [0.25, 0.3) is 0 Å². The SMILES string of the molecule is Cc1cnc(NCc2cccs2)c([N+](=O)[O-])c1. The van der Waals surface area contributed by atoms with Crippen LogP contribution in [0.15, 0.2) is 29.8 Å². The molecule has 0 atom stereocenters. The van der Waals surface area contributed by atoms with Crippen molar-refractivity contribution in [3.63, 3.8) is 0 Å². The fraction of sp³-hybridized carbons (Fsp3) is 0.182. The van der Waals surface area contributed by atoms with Gasteiger partial charge in [-0.05, 0) is 23.9 Å². The maximum absolute atomic E-state index is 10.9. The number of rotatable bonds is 4. The zero-order valence-corrected chi connectivity index (χ0v) is 10.0. The highest BCUT2D eigenvalue weighted by Crippen LogP contribution is 2.23. The third-order valence-electron chi connectivity index (χ3n) is 2.21. The molecule has 2 aromatic rings. The van der Waals surface area contributed by atoms with Crippen LogP contribution in [0, 0.1) is 17.0 Å². The van der Waals surface area contributed by atoms with Gasteiger partial charge in [0.2, 0.25) is 5.82 Å². The molecule has 0 bridgehead atoms. The van der Waals surface area contributed by atoms with Crippen molar-refractivity contribution in [2.75, 3.05) is 5.32 Å². The lowest BCUT2D eigenvalue weighted by Gasteiger charge is -2.05. The Morgan fingerprint density at radius 3 is 3.06 bits per heavy atom. The Morgan fingerprint density at radius 1 is 1.59 bits per heavy atom. The Morgan fingerprint density at radius 2 is 2.41 bits per heavy atom. The number of nitrogens with one attached hydrogen (secondary N) is 1. The van der Waals surface area contributed by atoms with E-state index in [1.54, 1.807) is 24.5 Å². The molecule has 0 aromatic carbocycles. The van der Waals surface area contributed by atoms with Gasteiger partial charge in [0.1, 0.15) is 0 Å². The number of nitrogens with zero attached hydrogens (tertiary/aromatic N) is 2.